The van der Waals surface area contributed by atoms with E-state index in [0.29, 0.717) is 12.8 Å². The lowest BCUT2D eigenvalue weighted by molar-refractivity contribution is -0.137. The number of halogens is 1. The Labute approximate surface area is 110 Å². The first kappa shape index (κ1) is 15.0. The fourth-order valence-electron chi connectivity index (χ4n) is 0.918. The molecule has 0 aliphatic heterocycles. The van der Waals surface area contributed by atoms with Crippen LogP contribution in [0, 0.1) is 15.9 Å². The molecule has 0 radical (unpaired) electrons. The highest BCUT2D eigenvalue weighted by molar-refractivity contribution is 14.1. The van der Waals surface area contributed by atoms with E-state index >= 15 is 0 Å². The molecule has 86 valence electrons. The van der Waals surface area contributed by atoms with Crippen LogP contribution in [-0.4, -0.2) is 11.1 Å². The Kier molecular flexibility index (Phi) is 9.83. The number of terminal acetylenes is 1. The molecule has 1 aromatic carbocycles. The second-order valence-electron chi connectivity index (χ2n) is 3.10. The molecule has 2 nitrogen and oxygen atoms in total. The van der Waals surface area contributed by atoms with Gasteiger partial charge in [-0.05, 0) is 47.6 Å². The van der Waals surface area contributed by atoms with Crippen molar-refractivity contribution >= 4 is 28.6 Å². The average Bonchev–Trinajstić information content (AvgIpc) is 2.26. The molecule has 0 atom stereocenters. The summed E-state index contributed by atoms with van der Waals surface area (Å²) in [7, 11) is 0. The van der Waals surface area contributed by atoms with Gasteiger partial charge in [-0.2, -0.15) is 0 Å². The fraction of sp³-hybridized carbons (Fsp3) is 0.308. The second kappa shape index (κ2) is 10.5. The van der Waals surface area contributed by atoms with Crippen LogP contribution in [0.4, 0.5) is 0 Å². The number of aliphatic carboxylic acids is 1. The summed E-state index contributed by atoms with van der Waals surface area (Å²) in [5, 5.41) is 8.16. The molecule has 0 aromatic heterocycles. The Hall–Kier alpha value is -1.02. The molecule has 0 fully saturated rings. The van der Waals surface area contributed by atoms with E-state index in [9.17, 15) is 4.79 Å². The minimum absolute atomic E-state index is 0.238. The molecule has 0 aliphatic rings. The number of unbranched alkanes of at least 4 members (excludes halogenated alkanes) is 2. The Morgan fingerprint density at radius 1 is 1.31 bits per heavy atom. The number of hydrogen-bond donors (Lipinski definition) is 1. The first-order valence-corrected chi connectivity index (χ1v) is 6.10. The van der Waals surface area contributed by atoms with Gasteiger partial charge in [0.25, 0.3) is 0 Å². The highest BCUT2D eigenvalue weighted by Crippen LogP contribution is 2.00. The van der Waals surface area contributed by atoms with E-state index in [1.54, 1.807) is 0 Å². The third kappa shape index (κ3) is 11.1. The van der Waals surface area contributed by atoms with E-state index in [-0.39, 0.29) is 6.42 Å². The van der Waals surface area contributed by atoms with Gasteiger partial charge in [0.05, 0.1) is 0 Å². The van der Waals surface area contributed by atoms with Crippen LogP contribution in [-0.2, 0) is 4.79 Å². The molecule has 0 saturated carbocycles. The molecule has 0 heterocycles. The number of benzene rings is 1. The van der Waals surface area contributed by atoms with Crippen LogP contribution in [0.25, 0.3) is 0 Å². The average molecular weight is 330 g/mol. The summed E-state index contributed by atoms with van der Waals surface area (Å²) in [4.78, 5) is 9.91. The maximum absolute atomic E-state index is 9.91. The number of carbonyl (C=O) groups is 1. The van der Waals surface area contributed by atoms with Gasteiger partial charge < -0.3 is 5.11 Å². The van der Waals surface area contributed by atoms with E-state index in [1.807, 2.05) is 18.2 Å². The van der Waals surface area contributed by atoms with E-state index in [0.717, 1.165) is 6.42 Å². The van der Waals surface area contributed by atoms with Crippen molar-refractivity contribution < 1.29 is 9.90 Å². The van der Waals surface area contributed by atoms with Crippen LogP contribution in [0.2, 0.25) is 0 Å². The van der Waals surface area contributed by atoms with Crippen LogP contribution in [0.15, 0.2) is 30.3 Å². The minimum Gasteiger partial charge on any atom is -0.481 e. The summed E-state index contributed by atoms with van der Waals surface area (Å²) in [5.41, 5.74) is 0. The van der Waals surface area contributed by atoms with Crippen molar-refractivity contribution in [1.29, 1.82) is 0 Å². The Balaban J connectivity index is 0.000000288. The zero-order chi connectivity index (χ0) is 12.2. The molecule has 0 aliphatic carbocycles. The number of hydrogen-bond acceptors (Lipinski definition) is 1. The maximum Gasteiger partial charge on any atom is 0.303 e. The van der Waals surface area contributed by atoms with Crippen molar-refractivity contribution in [3.63, 3.8) is 0 Å². The van der Waals surface area contributed by atoms with E-state index in [1.165, 1.54) is 3.57 Å². The molecule has 0 spiro atoms. The smallest absolute Gasteiger partial charge is 0.303 e. The summed E-state index contributed by atoms with van der Waals surface area (Å²) in [5.74, 6) is 1.70. The van der Waals surface area contributed by atoms with Gasteiger partial charge >= 0.3 is 5.97 Å². The molecular weight excluding hydrogens is 315 g/mol. The zero-order valence-corrected chi connectivity index (χ0v) is 11.2. The summed E-state index contributed by atoms with van der Waals surface area (Å²) in [6.45, 7) is 0. The largest absolute Gasteiger partial charge is 0.481 e. The molecular formula is C13H15IO2. The summed E-state index contributed by atoms with van der Waals surface area (Å²) >= 11 is 2.28. The molecule has 16 heavy (non-hydrogen) atoms. The highest BCUT2D eigenvalue weighted by Gasteiger charge is 1.93. The van der Waals surface area contributed by atoms with E-state index in [4.69, 9.17) is 11.5 Å². The number of carboxylic acids is 1. The Morgan fingerprint density at radius 2 is 1.94 bits per heavy atom. The van der Waals surface area contributed by atoms with Crippen LogP contribution >= 0.6 is 22.6 Å². The van der Waals surface area contributed by atoms with Crippen LogP contribution in [0.3, 0.4) is 0 Å². The quantitative estimate of drug-likeness (QED) is 0.521. The van der Waals surface area contributed by atoms with Gasteiger partial charge in [-0.15, -0.1) is 12.3 Å². The molecule has 1 aromatic rings. The Bertz CT molecular complexity index is 328. The fourth-order valence-corrected chi connectivity index (χ4v) is 1.33. The van der Waals surface area contributed by atoms with E-state index in [2.05, 4.69) is 40.6 Å². The topological polar surface area (TPSA) is 37.3 Å². The van der Waals surface area contributed by atoms with Crippen molar-refractivity contribution in [2.24, 2.45) is 0 Å². The minimum atomic E-state index is -0.743. The molecule has 0 saturated heterocycles. The lowest BCUT2D eigenvalue weighted by Crippen LogP contribution is -1.92. The lowest BCUT2D eigenvalue weighted by Gasteiger charge is -1.89. The zero-order valence-electron chi connectivity index (χ0n) is 9.03. The third-order valence-electron chi connectivity index (χ3n) is 1.69. The number of carboxylic acid groups (broad SMARTS) is 1. The predicted octanol–water partition coefficient (Wildman–Crippen LogP) is 3.56. The summed E-state index contributed by atoms with van der Waals surface area (Å²) in [6, 6.07) is 10.2. The molecule has 0 unspecified atom stereocenters. The van der Waals surface area contributed by atoms with Gasteiger partial charge in [0.1, 0.15) is 0 Å². The molecule has 3 heteroatoms. The third-order valence-corrected chi connectivity index (χ3v) is 2.41. The normalized spacial score (nSPS) is 8.50. The van der Waals surface area contributed by atoms with Gasteiger partial charge in [-0.1, -0.05) is 18.2 Å². The second-order valence-corrected chi connectivity index (χ2v) is 4.35. The van der Waals surface area contributed by atoms with Gasteiger partial charge in [0.2, 0.25) is 0 Å². The van der Waals surface area contributed by atoms with Crippen LogP contribution in [0.1, 0.15) is 25.7 Å². The van der Waals surface area contributed by atoms with Gasteiger partial charge in [0, 0.05) is 16.4 Å². The predicted molar refractivity (Wildman–Crippen MR) is 74.1 cm³/mol. The van der Waals surface area contributed by atoms with E-state index < -0.39 is 5.97 Å². The molecule has 1 N–H and O–H groups in total. The van der Waals surface area contributed by atoms with Gasteiger partial charge in [-0.25, -0.2) is 0 Å². The van der Waals surface area contributed by atoms with Crippen molar-refractivity contribution in [3.05, 3.63) is 33.9 Å². The first-order valence-electron chi connectivity index (χ1n) is 5.02. The summed E-state index contributed by atoms with van der Waals surface area (Å²) in [6.07, 6.45) is 7.39. The SMILES string of the molecule is C#CCCCCC(=O)O.Ic1ccccc1. The number of rotatable bonds is 4. The maximum atomic E-state index is 9.91. The lowest BCUT2D eigenvalue weighted by atomic mass is 10.2. The monoisotopic (exact) mass is 330 g/mol. The van der Waals surface area contributed by atoms with Crippen molar-refractivity contribution in [1.82, 2.24) is 0 Å². The standard InChI is InChI=1S/C7H10O2.C6H5I/c1-2-3-4-5-6-7(8)9;7-6-4-2-1-3-5-6/h1H,3-6H2,(H,8,9);1-5H. The van der Waals surface area contributed by atoms with Gasteiger partial charge in [0.15, 0.2) is 0 Å². The van der Waals surface area contributed by atoms with Crippen molar-refractivity contribution in [3.8, 4) is 12.3 Å². The molecule has 0 amide bonds. The van der Waals surface area contributed by atoms with Crippen LogP contribution in [0.5, 0.6) is 0 Å². The molecule has 0 bridgehead atoms. The highest BCUT2D eigenvalue weighted by atomic mass is 127. The molecule has 1 rings (SSSR count). The summed E-state index contributed by atoms with van der Waals surface area (Å²) < 4.78 is 1.29. The van der Waals surface area contributed by atoms with Crippen LogP contribution < -0.4 is 0 Å². The van der Waals surface area contributed by atoms with Gasteiger partial charge in [-0.3, -0.25) is 4.79 Å². The Morgan fingerprint density at radius 3 is 2.31 bits per heavy atom. The van der Waals surface area contributed by atoms with Crippen molar-refractivity contribution in [2.45, 2.75) is 25.7 Å². The first-order chi connectivity index (χ1) is 7.66. The van der Waals surface area contributed by atoms with Crippen molar-refractivity contribution in [2.75, 3.05) is 0 Å².